The highest BCUT2D eigenvalue weighted by molar-refractivity contribution is 5.85. The topological polar surface area (TPSA) is 47.3 Å². The van der Waals surface area contributed by atoms with Crippen LogP contribution in [0.5, 0.6) is 0 Å². The average molecular weight is 396 g/mol. The molecular weight excluding hydrogens is 374 g/mol. The Hall–Kier alpha value is -2.83. The number of aliphatic hydroxyl groups excluding tert-OH is 1. The first kappa shape index (κ1) is 19.5. The fraction of sp³-hybridized carbons (Fsp3) is 0.261. The second kappa shape index (κ2) is 7.54. The molecule has 1 atom stereocenters. The van der Waals surface area contributed by atoms with E-state index in [9.17, 15) is 13.9 Å². The lowest BCUT2D eigenvalue weighted by molar-refractivity contribution is -0.0973. The molecule has 0 radical (unpaired) electrons. The maximum atomic E-state index is 14.0. The highest BCUT2D eigenvalue weighted by Crippen LogP contribution is 2.35. The van der Waals surface area contributed by atoms with Gasteiger partial charge in [0.2, 0.25) is 0 Å². The van der Waals surface area contributed by atoms with Crippen LogP contribution in [0.15, 0.2) is 60.9 Å². The number of aromatic nitrogens is 2. The van der Waals surface area contributed by atoms with Gasteiger partial charge in [-0.2, -0.15) is 0 Å². The number of fused-ring (bicyclic) bond motifs is 2. The van der Waals surface area contributed by atoms with Gasteiger partial charge in [0.25, 0.3) is 5.92 Å². The van der Waals surface area contributed by atoms with Crippen molar-refractivity contribution in [3.8, 4) is 0 Å². The van der Waals surface area contributed by atoms with Crippen LogP contribution in [0.25, 0.3) is 21.8 Å². The largest absolute Gasteiger partial charge is 0.364 e. The molecule has 29 heavy (non-hydrogen) atoms. The molecule has 0 saturated heterocycles. The van der Waals surface area contributed by atoms with Crippen molar-refractivity contribution in [3.63, 3.8) is 0 Å². The van der Waals surface area contributed by atoms with Gasteiger partial charge in [0.15, 0.2) is 6.29 Å². The molecule has 0 bridgehead atoms. The monoisotopic (exact) mass is 396 g/mol. The van der Waals surface area contributed by atoms with Crippen LogP contribution >= 0.6 is 0 Å². The predicted molar refractivity (Wildman–Crippen MR) is 109 cm³/mol. The van der Waals surface area contributed by atoms with Crippen molar-refractivity contribution in [2.24, 2.45) is 0 Å². The molecule has 150 valence electrons. The first-order valence-corrected chi connectivity index (χ1v) is 9.51. The molecule has 0 spiro atoms. The molecule has 6 heteroatoms. The van der Waals surface area contributed by atoms with Crippen molar-refractivity contribution < 1.29 is 18.6 Å². The standard InChI is InChI=1S/C23H22F2N2O2/c1-3-29-22(28)19-12-18(23(2,24)25)11-17-8-9-27(21(17)19)14-15-10-16-6-4-5-7-20(16)26-13-15/h4-13,22,28H,3,14H2,1-2H3. The summed E-state index contributed by atoms with van der Waals surface area (Å²) in [7, 11) is 0. The Morgan fingerprint density at radius 3 is 2.69 bits per heavy atom. The van der Waals surface area contributed by atoms with Crippen molar-refractivity contribution in [2.45, 2.75) is 32.6 Å². The van der Waals surface area contributed by atoms with Crippen molar-refractivity contribution in [1.29, 1.82) is 0 Å². The number of nitrogens with zero attached hydrogens (tertiary/aromatic N) is 2. The van der Waals surface area contributed by atoms with Gasteiger partial charge in [-0.3, -0.25) is 4.98 Å². The second-order valence-corrected chi connectivity index (χ2v) is 7.18. The van der Waals surface area contributed by atoms with Crippen molar-refractivity contribution in [3.05, 3.63) is 77.6 Å². The van der Waals surface area contributed by atoms with E-state index in [2.05, 4.69) is 11.1 Å². The van der Waals surface area contributed by atoms with Crippen LogP contribution in [-0.4, -0.2) is 21.3 Å². The van der Waals surface area contributed by atoms with E-state index in [1.165, 1.54) is 12.1 Å². The first-order valence-electron chi connectivity index (χ1n) is 9.51. The summed E-state index contributed by atoms with van der Waals surface area (Å²) in [5, 5.41) is 12.1. The van der Waals surface area contributed by atoms with Crippen LogP contribution in [0.2, 0.25) is 0 Å². The van der Waals surface area contributed by atoms with E-state index < -0.39 is 12.2 Å². The molecule has 0 aliphatic carbocycles. The molecule has 4 rings (SSSR count). The number of para-hydroxylation sites is 1. The van der Waals surface area contributed by atoms with Gasteiger partial charge in [0, 0.05) is 54.4 Å². The Morgan fingerprint density at radius 1 is 1.14 bits per heavy atom. The van der Waals surface area contributed by atoms with E-state index in [1.54, 1.807) is 19.2 Å². The van der Waals surface area contributed by atoms with E-state index >= 15 is 0 Å². The van der Waals surface area contributed by atoms with E-state index in [0.29, 0.717) is 23.0 Å². The molecule has 0 aliphatic heterocycles. The number of hydrogen-bond acceptors (Lipinski definition) is 3. The molecule has 4 aromatic rings. The lowest BCUT2D eigenvalue weighted by Gasteiger charge is -2.19. The zero-order valence-corrected chi connectivity index (χ0v) is 16.3. The highest BCUT2D eigenvalue weighted by atomic mass is 19.3. The van der Waals surface area contributed by atoms with Crippen LogP contribution < -0.4 is 0 Å². The van der Waals surface area contributed by atoms with Gasteiger partial charge in [-0.25, -0.2) is 8.78 Å². The fourth-order valence-corrected chi connectivity index (χ4v) is 3.60. The Morgan fingerprint density at radius 2 is 1.93 bits per heavy atom. The SMILES string of the molecule is CCOC(O)c1cc(C(C)(F)F)cc2ccn(Cc3cnc4ccccc4c3)c12. The Balaban J connectivity index is 1.81. The summed E-state index contributed by atoms with van der Waals surface area (Å²) in [5.41, 5.74) is 2.74. The second-order valence-electron chi connectivity index (χ2n) is 7.18. The lowest BCUT2D eigenvalue weighted by atomic mass is 10.0. The highest BCUT2D eigenvalue weighted by Gasteiger charge is 2.27. The van der Waals surface area contributed by atoms with E-state index in [1.807, 2.05) is 35.0 Å². The first-order chi connectivity index (χ1) is 13.9. The predicted octanol–water partition coefficient (Wildman–Crippen LogP) is 5.38. The average Bonchev–Trinajstić information content (AvgIpc) is 3.09. The van der Waals surface area contributed by atoms with Gasteiger partial charge in [-0.15, -0.1) is 0 Å². The van der Waals surface area contributed by atoms with Gasteiger partial charge in [0.1, 0.15) is 0 Å². The van der Waals surface area contributed by atoms with E-state index in [-0.39, 0.29) is 12.2 Å². The summed E-state index contributed by atoms with van der Waals surface area (Å²) >= 11 is 0. The zero-order chi connectivity index (χ0) is 20.6. The molecule has 1 N–H and O–H groups in total. The third-order valence-electron chi connectivity index (χ3n) is 4.99. The third-order valence-corrected chi connectivity index (χ3v) is 4.99. The Kier molecular flexibility index (Phi) is 5.06. The number of ether oxygens (including phenoxy) is 1. The van der Waals surface area contributed by atoms with E-state index in [0.717, 1.165) is 23.4 Å². The van der Waals surface area contributed by atoms with Crippen LogP contribution in [-0.2, 0) is 17.2 Å². The van der Waals surface area contributed by atoms with Crippen LogP contribution in [0, 0.1) is 0 Å². The molecule has 4 nitrogen and oxygen atoms in total. The molecule has 0 amide bonds. The van der Waals surface area contributed by atoms with Crippen molar-refractivity contribution in [2.75, 3.05) is 6.61 Å². The zero-order valence-electron chi connectivity index (χ0n) is 16.3. The number of aliphatic hydroxyl groups is 1. The summed E-state index contributed by atoms with van der Waals surface area (Å²) in [4.78, 5) is 4.49. The Bertz CT molecular complexity index is 1160. The summed E-state index contributed by atoms with van der Waals surface area (Å²) < 4.78 is 35.2. The lowest BCUT2D eigenvalue weighted by Crippen LogP contribution is -2.12. The molecule has 0 saturated carbocycles. The summed E-state index contributed by atoms with van der Waals surface area (Å²) in [6.07, 6.45) is 2.36. The van der Waals surface area contributed by atoms with Crippen molar-refractivity contribution >= 4 is 21.8 Å². The van der Waals surface area contributed by atoms with E-state index in [4.69, 9.17) is 4.74 Å². The quantitative estimate of drug-likeness (QED) is 0.445. The van der Waals surface area contributed by atoms with Gasteiger partial charge in [0.05, 0.1) is 11.0 Å². The maximum Gasteiger partial charge on any atom is 0.270 e. The van der Waals surface area contributed by atoms with Gasteiger partial charge < -0.3 is 14.4 Å². The minimum absolute atomic E-state index is 0.149. The van der Waals surface area contributed by atoms with Gasteiger partial charge in [-0.1, -0.05) is 18.2 Å². The number of rotatable bonds is 6. The number of benzene rings is 2. The Labute approximate surface area is 167 Å². The molecule has 2 aromatic carbocycles. The van der Waals surface area contributed by atoms with Crippen LogP contribution in [0.4, 0.5) is 8.78 Å². The molecular formula is C23H22F2N2O2. The minimum Gasteiger partial charge on any atom is -0.364 e. The maximum absolute atomic E-state index is 14.0. The third kappa shape index (κ3) is 3.86. The van der Waals surface area contributed by atoms with Crippen LogP contribution in [0.3, 0.4) is 0 Å². The summed E-state index contributed by atoms with van der Waals surface area (Å²) in [6.45, 7) is 3.36. The normalized spacial score (nSPS) is 13.3. The molecule has 0 aliphatic rings. The molecule has 0 fully saturated rings. The number of hydrogen-bond donors (Lipinski definition) is 1. The minimum atomic E-state index is -3.01. The molecule has 2 heterocycles. The summed E-state index contributed by atoms with van der Waals surface area (Å²) in [6, 6.07) is 14.5. The molecule has 1 unspecified atom stereocenters. The summed E-state index contributed by atoms with van der Waals surface area (Å²) in [5.74, 6) is -3.01. The molecule has 2 aromatic heterocycles. The number of pyridine rings is 1. The van der Waals surface area contributed by atoms with Gasteiger partial charge >= 0.3 is 0 Å². The number of alkyl halides is 2. The number of halogens is 2. The fourth-order valence-electron chi connectivity index (χ4n) is 3.60. The van der Waals surface area contributed by atoms with Crippen molar-refractivity contribution in [1.82, 2.24) is 9.55 Å². The smallest absolute Gasteiger partial charge is 0.270 e. The van der Waals surface area contributed by atoms with Gasteiger partial charge in [-0.05, 0) is 42.8 Å². The van der Waals surface area contributed by atoms with Crippen LogP contribution in [0.1, 0.15) is 36.8 Å².